The lowest BCUT2D eigenvalue weighted by atomic mass is 9.64. The lowest BCUT2D eigenvalue weighted by molar-refractivity contribution is 0.102. The molecule has 0 aromatic rings. The fraction of sp³-hybridized carbons (Fsp3) is 1.00. The molecular weight excluding hydrogens is 168 g/mol. The van der Waals surface area contributed by atoms with E-state index in [0.29, 0.717) is 0 Å². The molecule has 2 rings (SSSR count). The molecule has 2 fully saturated rings. The number of hydrogen-bond acceptors (Lipinski definition) is 0. The van der Waals surface area contributed by atoms with E-state index in [4.69, 9.17) is 0 Å². The second kappa shape index (κ2) is 3.87. The highest BCUT2D eigenvalue weighted by Crippen LogP contribution is 2.51. The molecule has 2 aliphatic carbocycles. The van der Waals surface area contributed by atoms with Crippen LogP contribution in [0.3, 0.4) is 0 Å². The predicted octanol–water partition coefficient (Wildman–Crippen LogP) is 4.64. The molecule has 0 aromatic carbocycles. The van der Waals surface area contributed by atoms with Gasteiger partial charge in [-0.1, -0.05) is 33.6 Å². The summed E-state index contributed by atoms with van der Waals surface area (Å²) < 4.78 is 0. The SMILES string of the molecule is CCC1CCC(CC2(C)CCC2)C1C. The van der Waals surface area contributed by atoms with Crippen LogP contribution in [0.2, 0.25) is 0 Å². The first-order valence-electron chi connectivity index (χ1n) is 6.64. The zero-order valence-corrected chi connectivity index (χ0v) is 10.2. The number of rotatable bonds is 3. The third kappa shape index (κ3) is 1.85. The van der Waals surface area contributed by atoms with E-state index in [1.807, 2.05) is 0 Å². The van der Waals surface area contributed by atoms with Crippen LogP contribution in [-0.4, -0.2) is 0 Å². The van der Waals surface area contributed by atoms with Crippen molar-refractivity contribution in [3.63, 3.8) is 0 Å². The zero-order valence-electron chi connectivity index (χ0n) is 10.2. The minimum absolute atomic E-state index is 0.752. The first-order valence-corrected chi connectivity index (χ1v) is 6.64. The van der Waals surface area contributed by atoms with Crippen LogP contribution in [-0.2, 0) is 0 Å². The molecule has 3 unspecified atom stereocenters. The van der Waals surface area contributed by atoms with Crippen LogP contribution in [0.25, 0.3) is 0 Å². The average molecular weight is 194 g/mol. The summed E-state index contributed by atoms with van der Waals surface area (Å²) in [7, 11) is 0. The van der Waals surface area contributed by atoms with Crippen molar-refractivity contribution in [2.24, 2.45) is 23.2 Å². The molecule has 0 aromatic heterocycles. The van der Waals surface area contributed by atoms with Gasteiger partial charge >= 0.3 is 0 Å². The fourth-order valence-corrected chi connectivity index (χ4v) is 3.82. The van der Waals surface area contributed by atoms with Gasteiger partial charge in [-0.3, -0.25) is 0 Å². The Morgan fingerprint density at radius 3 is 2.21 bits per heavy atom. The molecular formula is C14H26. The van der Waals surface area contributed by atoms with E-state index < -0.39 is 0 Å². The van der Waals surface area contributed by atoms with Crippen molar-refractivity contribution in [2.75, 3.05) is 0 Å². The van der Waals surface area contributed by atoms with Gasteiger partial charge in [0.05, 0.1) is 0 Å². The normalized spacial score (nSPS) is 40.9. The van der Waals surface area contributed by atoms with E-state index >= 15 is 0 Å². The maximum atomic E-state index is 2.52. The summed E-state index contributed by atoms with van der Waals surface area (Å²) in [5.74, 6) is 3.12. The molecule has 0 nitrogen and oxygen atoms in total. The summed E-state index contributed by atoms with van der Waals surface area (Å²) in [6.07, 6.45) is 10.5. The van der Waals surface area contributed by atoms with Gasteiger partial charge in [0.25, 0.3) is 0 Å². The van der Waals surface area contributed by atoms with Gasteiger partial charge in [-0.05, 0) is 55.3 Å². The van der Waals surface area contributed by atoms with Crippen molar-refractivity contribution in [2.45, 2.75) is 65.7 Å². The molecule has 0 radical (unpaired) electrons. The molecule has 0 saturated heterocycles. The van der Waals surface area contributed by atoms with E-state index in [0.717, 1.165) is 23.2 Å². The maximum absolute atomic E-state index is 2.52. The highest BCUT2D eigenvalue weighted by Gasteiger charge is 2.39. The molecule has 0 heteroatoms. The van der Waals surface area contributed by atoms with Crippen molar-refractivity contribution in [3.05, 3.63) is 0 Å². The Labute approximate surface area is 89.5 Å². The Morgan fingerprint density at radius 2 is 1.79 bits per heavy atom. The van der Waals surface area contributed by atoms with Gasteiger partial charge in [0.15, 0.2) is 0 Å². The summed E-state index contributed by atoms with van der Waals surface area (Å²) in [6, 6.07) is 0. The van der Waals surface area contributed by atoms with Gasteiger partial charge in [0.1, 0.15) is 0 Å². The Bertz CT molecular complexity index is 190. The monoisotopic (exact) mass is 194 g/mol. The first-order chi connectivity index (χ1) is 6.64. The Morgan fingerprint density at radius 1 is 1.14 bits per heavy atom. The predicted molar refractivity (Wildman–Crippen MR) is 62.2 cm³/mol. The van der Waals surface area contributed by atoms with Crippen LogP contribution in [0, 0.1) is 23.2 Å². The summed E-state index contributed by atoms with van der Waals surface area (Å²) in [5, 5.41) is 0. The molecule has 0 heterocycles. The van der Waals surface area contributed by atoms with Crippen molar-refractivity contribution >= 4 is 0 Å². The molecule has 82 valence electrons. The molecule has 0 spiro atoms. The third-order valence-electron chi connectivity index (χ3n) is 5.24. The highest BCUT2D eigenvalue weighted by molar-refractivity contribution is 4.90. The Kier molecular flexibility index (Phi) is 2.91. The molecule has 14 heavy (non-hydrogen) atoms. The van der Waals surface area contributed by atoms with E-state index in [9.17, 15) is 0 Å². The standard InChI is InChI=1S/C14H26/c1-4-12-6-7-13(11(12)2)10-14(3)8-5-9-14/h11-13H,4-10H2,1-3H3. The lowest BCUT2D eigenvalue weighted by Gasteiger charge is -2.41. The van der Waals surface area contributed by atoms with Crippen LogP contribution in [0.15, 0.2) is 0 Å². The summed E-state index contributed by atoms with van der Waals surface area (Å²) in [6.45, 7) is 7.39. The minimum Gasteiger partial charge on any atom is -0.0651 e. The zero-order chi connectivity index (χ0) is 10.2. The summed E-state index contributed by atoms with van der Waals surface area (Å²) >= 11 is 0. The van der Waals surface area contributed by atoms with Gasteiger partial charge in [-0.2, -0.15) is 0 Å². The molecule has 2 aliphatic rings. The largest absolute Gasteiger partial charge is 0.0651 e. The smallest absolute Gasteiger partial charge is 0.0323 e. The third-order valence-corrected chi connectivity index (χ3v) is 5.24. The Hall–Kier alpha value is 0. The van der Waals surface area contributed by atoms with Crippen LogP contribution in [0.5, 0.6) is 0 Å². The highest BCUT2D eigenvalue weighted by atomic mass is 14.4. The molecule has 0 bridgehead atoms. The molecule has 0 aliphatic heterocycles. The van der Waals surface area contributed by atoms with Crippen molar-refractivity contribution in [1.29, 1.82) is 0 Å². The Balaban J connectivity index is 1.87. The number of hydrogen-bond donors (Lipinski definition) is 0. The molecule has 0 N–H and O–H groups in total. The quantitative estimate of drug-likeness (QED) is 0.614. The van der Waals surface area contributed by atoms with E-state index in [-0.39, 0.29) is 0 Å². The second-order valence-corrected chi connectivity index (χ2v) is 6.23. The van der Waals surface area contributed by atoms with Crippen LogP contribution in [0.4, 0.5) is 0 Å². The van der Waals surface area contributed by atoms with Gasteiger partial charge in [-0.25, -0.2) is 0 Å². The molecule has 2 saturated carbocycles. The van der Waals surface area contributed by atoms with Gasteiger partial charge in [-0.15, -0.1) is 0 Å². The average Bonchev–Trinajstić information content (AvgIpc) is 2.45. The lowest BCUT2D eigenvalue weighted by Crippen LogP contribution is -2.29. The molecule has 0 amide bonds. The first kappa shape index (κ1) is 10.5. The van der Waals surface area contributed by atoms with E-state index in [2.05, 4.69) is 20.8 Å². The van der Waals surface area contributed by atoms with Crippen LogP contribution in [0.1, 0.15) is 65.7 Å². The summed E-state index contributed by atoms with van der Waals surface area (Å²) in [5.41, 5.74) is 0.752. The molecule has 3 atom stereocenters. The maximum Gasteiger partial charge on any atom is -0.0323 e. The van der Waals surface area contributed by atoms with Crippen molar-refractivity contribution in [1.82, 2.24) is 0 Å². The van der Waals surface area contributed by atoms with Crippen LogP contribution < -0.4 is 0 Å². The summed E-state index contributed by atoms with van der Waals surface area (Å²) in [4.78, 5) is 0. The fourth-order valence-electron chi connectivity index (χ4n) is 3.82. The van der Waals surface area contributed by atoms with Gasteiger partial charge < -0.3 is 0 Å². The second-order valence-electron chi connectivity index (χ2n) is 6.23. The van der Waals surface area contributed by atoms with Crippen molar-refractivity contribution < 1.29 is 0 Å². The van der Waals surface area contributed by atoms with Crippen molar-refractivity contribution in [3.8, 4) is 0 Å². The minimum atomic E-state index is 0.752. The van der Waals surface area contributed by atoms with E-state index in [1.165, 1.54) is 44.9 Å². The van der Waals surface area contributed by atoms with Gasteiger partial charge in [0, 0.05) is 0 Å². The van der Waals surface area contributed by atoms with Gasteiger partial charge in [0.2, 0.25) is 0 Å². The van der Waals surface area contributed by atoms with Crippen LogP contribution >= 0.6 is 0 Å². The topological polar surface area (TPSA) is 0 Å². The van der Waals surface area contributed by atoms with E-state index in [1.54, 1.807) is 0 Å².